The Kier molecular flexibility index (Phi) is 8.84. The molecular weight excluding hydrogens is 652 g/mol. The second-order valence-electron chi connectivity index (χ2n) is 20.7. The van der Waals surface area contributed by atoms with Gasteiger partial charge < -0.3 is 28.8 Å². The lowest BCUT2D eigenvalue weighted by Gasteiger charge is -2.71. The summed E-state index contributed by atoms with van der Waals surface area (Å²) in [5.74, 6) is 0.548. The van der Waals surface area contributed by atoms with Crippen molar-refractivity contribution in [3.05, 3.63) is 47.5 Å². The predicted octanol–water partition coefficient (Wildman–Crippen LogP) is 9.15. The number of aliphatic hydroxyl groups excluding tert-OH is 1. The molecular formula is C45H66O7. The van der Waals surface area contributed by atoms with E-state index in [0.29, 0.717) is 25.0 Å². The van der Waals surface area contributed by atoms with Crippen LogP contribution in [-0.2, 0) is 35.1 Å². The van der Waals surface area contributed by atoms with Crippen LogP contribution in [0.25, 0.3) is 0 Å². The topological polar surface area (TPSA) is 83.5 Å². The molecule has 12 atom stereocenters. The third-order valence-electron chi connectivity index (χ3n) is 16.8. The van der Waals surface area contributed by atoms with E-state index in [1.165, 1.54) is 6.42 Å². The Balaban J connectivity index is 1.04. The van der Waals surface area contributed by atoms with Crippen LogP contribution in [0, 0.1) is 50.2 Å². The Morgan fingerprint density at radius 1 is 0.865 bits per heavy atom. The summed E-state index contributed by atoms with van der Waals surface area (Å²) in [6.07, 6.45) is 10.7. The van der Waals surface area contributed by atoms with Gasteiger partial charge in [0.05, 0.1) is 18.1 Å². The zero-order valence-electron chi connectivity index (χ0n) is 33.5. The van der Waals surface area contributed by atoms with E-state index < -0.39 is 29.7 Å². The molecule has 7 heteroatoms. The van der Waals surface area contributed by atoms with E-state index in [-0.39, 0.29) is 51.2 Å². The maximum absolute atomic E-state index is 14.4. The van der Waals surface area contributed by atoms with Gasteiger partial charge in [0.2, 0.25) is 0 Å². The first-order valence-electron chi connectivity index (χ1n) is 20.6. The van der Waals surface area contributed by atoms with Crippen LogP contribution in [0.3, 0.4) is 0 Å². The third-order valence-corrected chi connectivity index (χ3v) is 16.8. The Morgan fingerprint density at radius 3 is 2.35 bits per heavy atom. The number of carbonyl (C=O) groups is 1. The maximum atomic E-state index is 14.4. The standard InChI is InChI=1S/C45H66O7/c1-39(2)21-23-45(38(47)49-26-28-13-11-10-12-14-28)24-22-43(8)29(30(45)25-39)15-16-33-42(7)19-18-34(40(3,4)32(42)17-20-44(33,43)9)50-37-35(46)36-31(27-48-37)51-41(5,6)52-36/h10-15,30-37,46H,16-27H2,1-9H3/t30-,31-,32-,33+,34-,35+,36-,37-,42-,43+,44+,45-/m0/s1. The van der Waals surface area contributed by atoms with Gasteiger partial charge in [-0.25, -0.2) is 0 Å². The van der Waals surface area contributed by atoms with Crippen molar-refractivity contribution in [1.29, 1.82) is 0 Å². The maximum Gasteiger partial charge on any atom is 0.313 e. The van der Waals surface area contributed by atoms with Crippen LogP contribution in [0.4, 0.5) is 0 Å². The van der Waals surface area contributed by atoms with Gasteiger partial charge in [0, 0.05) is 0 Å². The van der Waals surface area contributed by atoms with E-state index in [1.54, 1.807) is 5.57 Å². The van der Waals surface area contributed by atoms with Crippen molar-refractivity contribution in [3.8, 4) is 0 Å². The molecule has 2 saturated heterocycles. The minimum absolute atomic E-state index is 0.0200. The number of esters is 1. The Hall–Kier alpha value is -1.77. The number of ether oxygens (including phenoxy) is 5. The second kappa shape index (κ2) is 12.4. The van der Waals surface area contributed by atoms with Crippen molar-refractivity contribution >= 4 is 5.97 Å². The van der Waals surface area contributed by atoms with E-state index in [1.807, 2.05) is 32.0 Å². The van der Waals surface area contributed by atoms with Gasteiger partial charge in [0.25, 0.3) is 0 Å². The first-order valence-corrected chi connectivity index (χ1v) is 20.6. The molecule has 7 nitrogen and oxygen atoms in total. The first-order chi connectivity index (χ1) is 24.4. The molecule has 0 amide bonds. The number of fused-ring (bicyclic) bond motifs is 8. The van der Waals surface area contributed by atoms with E-state index in [9.17, 15) is 9.90 Å². The van der Waals surface area contributed by atoms with Crippen LogP contribution in [0.1, 0.15) is 132 Å². The molecule has 2 aliphatic heterocycles. The molecule has 8 rings (SSSR count). The SMILES string of the molecule is CC1(C)CC[C@]2(C(=O)OCc3ccccc3)CC[C@]3(C)C(=CC[C@@H]4[C@@]5(C)CC[C@H](O[C@@H]6OC[C@@H]7OC(C)(C)O[C@@H]7[C@H]6O)C(C)(C)[C@@H]5CC[C@]43C)[C@@H]2C1. The largest absolute Gasteiger partial charge is 0.460 e. The molecule has 52 heavy (non-hydrogen) atoms. The summed E-state index contributed by atoms with van der Waals surface area (Å²) in [6.45, 7) is 21.9. The average molecular weight is 719 g/mol. The third kappa shape index (κ3) is 5.55. The molecule has 5 aliphatic carbocycles. The molecule has 0 spiro atoms. The highest BCUT2D eigenvalue weighted by Gasteiger charge is 2.70. The van der Waals surface area contributed by atoms with Crippen LogP contribution in [0.2, 0.25) is 0 Å². The number of aliphatic hydroxyl groups is 1. The Morgan fingerprint density at radius 2 is 1.60 bits per heavy atom. The van der Waals surface area contributed by atoms with Gasteiger partial charge in [-0.2, -0.15) is 0 Å². The molecule has 1 aromatic rings. The Labute approximate surface area is 312 Å². The smallest absolute Gasteiger partial charge is 0.313 e. The monoisotopic (exact) mass is 718 g/mol. The Bertz CT molecular complexity index is 1570. The van der Waals surface area contributed by atoms with Crippen LogP contribution >= 0.6 is 0 Å². The summed E-state index contributed by atoms with van der Waals surface area (Å²) in [5, 5.41) is 11.3. The number of carbonyl (C=O) groups excluding carboxylic acids is 1. The van der Waals surface area contributed by atoms with Crippen molar-refractivity contribution in [2.24, 2.45) is 50.2 Å². The lowest BCUT2D eigenvalue weighted by atomic mass is 9.33. The molecule has 0 bridgehead atoms. The van der Waals surface area contributed by atoms with E-state index in [2.05, 4.69) is 66.7 Å². The molecule has 7 aliphatic rings. The molecule has 1 aromatic carbocycles. The molecule has 6 fully saturated rings. The van der Waals surface area contributed by atoms with Gasteiger partial charge >= 0.3 is 5.97 Å². The summed E-state index contributed by atoms with van der Waals surface area (Å²) >= 11 is 0. The zero-order chi connectivity index (χ0) is 37.1. The van der Waals surface area contributed by atoms with E-state index >= 15 is 0 Å². The quantitative estimate of drug-likeness (QED) is 0.185. The van der Waals surface area contributed by atoms with Gasteiger partial charge in [-0.1, -0.05) is 90.4 Å². The number of hydrogen-bond donors (Lipinski definition) is 1. The molecule has 0 aromatic heterocycles. The van der Waals surface area contributed by atoms with Crippen LogP contribution in [-0.4, -0.2) is 54.2 Å². The number of rotatable bonds is 5. The van der Waals surface area contributed by atoms with Gasteiger partial charge in [-0.15, -0.1) is 0 Å². The van der Waals surface area contributed by atoms with Gasteiger partial charge in [0.1, 0.15) is 24.9 Å². The normalized spacial score (nSPS) is 47.1. The van der Waals surface area contributed by atoms with Crippen molar-refractivity contribution < 1.29 is 33.6 Å². The summed E-state index contributed by atoms with van der Waals surface area (Å²) in [4.78, 5) is 14.4. The fourth-order valence-electron chi connectivity index (χ4n) is 13.7. The van der Waals surface area contributed by atoms with Crippen LogP contribution in [0.15, 0.2) is 42.0 Å². The highest BCUT2D eigenvalue weighted by molar-refractivity contribution is 5.79. The van der Waals surface area contributed by atoms with Crippen molar-refractivity contribution in [2.75, 3.05) is 6.61 Å². The first kappa shape index (κ1) is 37.2. The highest BCUT2D eigenvalue weighted by atomic mass is 16.8. The molecule has 0 radical (unpaired) electrons. The van der Waals surface area contributed by atoms with Crippen molar-refractivity contribution in [2.45, 2.75) is 170 Å². The summed E-state index contributed by atoms with van der Waals surface area (Å²) in [5.41, 5.74) is 2.62. The molecule has 288 valence electrons. The van der Waals surface area contributed by atoms with Crippen LogP contribution < -0.4 is 0 Å². The lowest BCUT2D eigenvalue weighted by molar-refractivity contribution is -0.297. The minimum Gasteiger partial charge on any atom is -0.460 e. The van der Waals surface area contributed by atoms with Gasteiger partial charge in [0.15, 0.2) is 12.1 Å². The summed E-state index contributed by atoms with van der Waals surface area (Å²) < 4.78 is 31.2. The molecule has 0 unspecified atom stereocenters. The fraction of sp³-hybridized carbons (Fsp3) is 0.800. The van der Waals surface area contributed by atoms with Crippen molar-refractivity contribution in [3.63, 3.8) is 0 Å². The lowest BCUT2D eigenvalue weighted by Crippen LogP contribution is -2.65. The second-order valence-corrected chi connectivity index (χ2v) is 20.7. The minimum atomic E-state index is -0.889. The number of allylic oxidation sites excluding steroid dienone is 2. The zero-order valence-corrected chi connectivity index (χ0v) is 33.5. The summed E-state index contributed by atoms with van der Waals surface area (Å²) in [6, 6.07) is 10.1. The van der Waals surface area contributed by atoms with E-state index in [4.69, 9.17) is 23.7 Å². The van der Waals surface area contributed by atoms with Gasteiger partial charge in [-0.3, -0.25) is 4.79 Å². The average Bonchev–Trinajstić information content (AvgIpc) is 3.41. The molecule has 2 heterocycles. The van der Waals surface area contributed by atoms with Gasteiger partial charge in [-0.05, 0) is 128 Å². The molecule has 4 saturated carbocycles. The number of benzene rings is 1. The van der Waals surface area contributed by atoms with Crippen LogP contribution in [0.5, 0.6) is 0 Å². The van der Waals surface area contributed by atoms with E-state index in [0.717, 1.165) is 63.4 Å². The predicted molar refractivity (Wildman–Crippen MR) is 200 cm³/mol. The summed E-state index contributed by atoms with van der Waals surface area (Å²) in [7, 11) is 0. The highest BCUT2D eigenvalue weighted by Crippen LogP contribution is 2.76. The fourth-order valence-corrected chi connectivity index (χ4v) is 13.7. The van der Waals surface area contributed by atoms with Crippen molar-refractivity contribution in [1.82, 2.24) is 0 Å². The molecule has 1 N–H and O–H groups in total. The number of hydrogen-bond acceptors (Lipinski definition) is 7.